The molecule has 0 bridgehead atoms. The summed E-state index contributed by atoms with van der Waals surface area (Å²) in [6, 6.07) is 7.18. The first-order valence-corrected chi connectivity index (χ1v) is 11.0. The van der Waals surface area contributed by atoms with Gasteiger partial charge >= 0.3 is 0 Å². The molecule has 1 fully saturated rings. The summed E-state index contributed by atoms with van der Waals surface area (Å²) in [4.78, 5) is 51.2. The molecule has 0 unspecified atom stereocenters. The zero-order chi connectivity index (χ0) is 25.7. The average Bonchev–Trinajstić information content (AvgIpc) is 3.32. The van der Waals surface area contributed by atoms with E-state index >= 15 is 0 Å². The van der Waals surface area contributed by atoms with Crippen molar-refractivity contribution in [3.05, 3.63) is 58.6 Å². The Kier molecular flexibility index (Phi) is 5.86. The second-order valence-corrected chi connectivity index (χ2v) is 9.04. The van der Waals surface area contributed by atoms with Crippen LogP contribution < -0.4 is 10.6 Å². The van der Waals surface area contributed by atoms with Gasteiger partial charge in [-0.15, -0.1) is 0 Å². The van der Waals surface area contributed by atoms with Crippen LogP contribution in [0.4, 0.5) is 8.78 Å². The third kappa shape index (κ3) is 4.13. The van der Waals surface area contributed by atoms with Crippen molar-refractivity contribution < 1.29 is 32.4 Å². The number of rotatable bonds is 7. The smallest absolute Gasteiger partial charge is 0.293 e. The van der Waals surface area contributed by atoms with Crippen molar-refractivity contribution in [3.63, 3.8) is 0 Å². The molecule has 0 atom stereocenters. The van der Waals surface area contributed by atoms with Gasteiger partial charge in [-0.05, 0) is 43.2 Å². The minimum atomic E-state index is -3.11. The highest BCUT2D eigenvalue weighted by molar-refractivity contribution is 6.44. The number of carbonyl (C=O) groups is 4. The fraction of sp³-hybridized carbons (Fsp3) is 0.360. The topological polar surface area (TPSA) is 110 Å². The number of likely N-dealkylation sites (N-methyl/N-ethyl adjacent to an activating group) is 1. The molecule has 2 N–H and O–H groups in total. The molecule has 0 saturated heterocycles. The number of fused-ring (bicyclic) bond motifs is 1. The van der Waals surface area contributed by atoms with Gasteiger partial charge in [0.2, 0.25) is 5.91 Å². The fourth-order valence-electron chi connectivity index (χ4n) is 4.87. The summed E-state index contributed by atoms with van der Waals surface area (Å²) in [7, 11) is 2.88. The first-order valence-electron chi connectivity index (χ1n) is 11.0. The molecule has 1 aliphatic rings. The molecule has 35 heavy (non-hydrogen) atoms. The number of aromatic nitrogens is 1. The van der Waals surface area contributed by atoms with Crippen LogP contribution in [0.1, 0.15) is 50.5 Å². The number of furan rings is 1. The lowest BCUT2D eigenvalue weighted by Crippen LogP contribution is -2.69. The molecule has 3 aromatic rings. The molecule has 0 aliphatic heterocycles. The number of amides is 2. The Bertz CT molecular complexity index is 1380. The largest absolute Gasteiger partial charge is 0.464 e. The summed E-state index contributed by atoms with van der Waals surface area (Å²) in [6.45, 7) is 3.15. The normalized spacial score (nSPS) is 15.9. The molecule has 184 valence electrons. The van der Waals surface area contributed by atoms with Crippen LogP contribution in [-0.4, -0.2) is 46.5 Å². The van der Waals surface area contributed by atoms with Gasteiger partial charge in [-0.2, -0.15) is 0 Å². The van der Waals surface area contributed by atoms with E-state index in [0.717, 1.165) is 10.9 Å². The number of hydrogen-bond donors (Lipinski definition) is 2. The Labute approximate surface area is 199 Å². The zero-order valence-electron chi connectivity index (χ0n) is 19.8. The molecular formula is C25H25F2N3O5. The zero-order valence-corrected chi connectivity index (χ0v) is 19.8. The Morgan fingerprint density at radius 3 is 2.43 bits per heavy atom. The van der Waals surface area contributed by atoms with Crippen molar-refractivity contribution >= 4 is 34.4 Å². The third-order valence-electron chi connectivity index (χ3n) is 6.64. The standard InChI is InChI=1S/C25H25F2N3O5/c1-13-19(21(32)22(33)29-24(23(34)28-3)11-25(26,27)12-24)14(2)30(4)20(13)17(31)10-15-5-6-18-16(9-15)7-8-35-18/h5-9H,10-12H2,1-4H3,(H,28,34)(H,29,33). The lowest BCUT2D eigenvalue weighted by atomic mass is 9.72. The molecule has 4 rings (SSSR count). The average molecular weight is 485 g/mol. The van der Waals surface area contributed by atoms with Crippen LogP contribution >= 0.6 is 0 Å². The predicted molar refractivity (Wildman–Crippen MR) is 123 cm³/mol. The van der Waals surface area contributed by atoms with Crippen LogP contribution in [0.25, 0.3) is 11.0 Å². The Balaban J connectivity index is 1.58. The number of nitrogens with one attached hydrogen (secondary N) is 2. The van der Waals surface area contributed by atoms with Crippen molar-refractivity contribution in [2.45, 2.75) is 44.6 Å². The summed E-state index contributed by atoms with van der Waals surface area (Å²) >= 11 is 0. The van der Waals surface area contributed by atoms with Crippen LogP contribution in [0, 0.1) is 13.8 Å². The van der Waals surface area contributed by atoms with Crippen LogP contribution in [0.5, 0.6) is 0 Å². The van der Waals surface area contributed by atoms with Gasteiger partial charge < -0.3 is 19.6 Å². The van der Waals surface area contributed by atoms with E-state index in [-0.39, 0.29) is 23.5 Å². The van der Waals surface area contributed by atoms with E-state index in [4.69, 9.17) is 4.42 Å². The van der Waals surface area contributed by atoms with E-state index in [1.165, 1.54) is 7.05 Å². The molecule has 2 heterocycles. The van der Waals surface area contributed by atoms with Crippen molar-refractivity contribution in [2.75, 3.05) is 7.05 Å². The molecule has 1 aliphatic carbocycles. The molecular weight excluding hydrogens is 460 g/mol. The maximum atomic E-state index is 13.6. The van der Waals surface area contributed by atoms with Gasteiger partial charge in [0, 0.05) is 44.4 Å². The van der Waals surface area contributed by atoms with Crippen LogP contribution in [0.3, 0.4) is 0 Å². The quantitative estimate of drug-likeness (QED) is 0.395. The number of halogens is 2. The second kappa shape index (κ2) is 8.44. The van der Waals surface area contributed by atoms with E-state index in [0.29, 0.717) is 16.8 Å². The maximum absolute atomic E-state index is 13.6. The van der Waals surface area contributed by atoms with Crippen molar-refractivity contribution in [3.8, 4) is 0 Å². The number of Topliss-reactive ketones (excluding diaryl/α,β-unsaturated/α-hetero) is 2. The number of benzene rings is 1. The van der Waals surface area contributed by atoms with Gasteiger partial charge in [0.05, 0.1) is 17.5 Å². The molecule has 8 nitrogen and oxygen atoms in total. The maximum Gasteiger partial charge on any atom is 0.293 e. The SMILES string of the molecule is CNC(=O)C1(NC(=O)C(=O)c2c(C)c(C(=O)Cc3ccc4occc4c3)n(C)c2C)CC(F)(F)C1. The molecule has 0 radical (unpaired) electrons. The molecule has 10 heteroatoms. The highest BCUT2D eigenvalue weighted by atomic mass is 19.3. The molecule has 2 amide bonds. The predicted octanol–water partition coefficient (Wildman–Crippen LogP) is 3.03. The van der Waals surface area contributed by atoms with Gasteiger partial charge in [0.15, 0.2) is 5.78 Å². The van der Waals surface area contributed by atoms with E-state index in [1.54, 1.807) is 49.9 Å². The van der Waals surface area contributed by atoms with Gasteiger partial charge in [-0.3, -0.25) is 19.2 Å². The minimum Gasteiger partial charge on any atom is -0.464 e. The van der Waals surface area contributed by atoms with Crippen LogP contribution in [0.2, 0.25) is 0 Å². The molecule has 2 aromatic heterocycles. The lowest BCUT2D eigenvalue weighted by Gasteiger charge is -2.45. The van der Waals surface area contributed by atoms with Crippen molar-refractivity contribution in [1.82, 2.24) is 15.2 Å². The summed E-state index contributed by atoms with van der Waals surface area (Å²) < 4.78 is 34.0. The van der Waals surface area contributed by atoms with E-state index < -0.39 is 41.9 Å². The van der Waals surface area contributed by atoms with Crippen molar-refractivity contribution in [2.24, 2.45) is 7.05 Å². The Morgan fingerprint density at radius 2 is 1.80 bits per heavy atom. The van der Waals surface area contributed by atoms with Crippen molar-refractivity contribution in [1.29, 1.82) is 0 Å². The Morgan fingerprint density at radius 1 is 1.11 bits per heavy atom. The summed E-state index contributed by atoms with van der Waals surface area (Å²) in [5.74, 6) is -6.33. The van der Waals surface area contributed by atoms with E-state index in [1.807, 2.05) is 6.07 Å². The summed E-state index contributed by atoms with van der Waals surface area (Å²) in [6.07, 6.45) is -0.163. The van der Waals surface area contributed by atoms with Gasteiger partial charge in [-0.25, -0.2) is 8.78 Å². The minimum absolute atomic E-state index is 0.0109. The van der Waals surface area contributed by atoms with Gasteiger partial charge in [-0.1, -0.05) is 6.07 Å². The number of ketones is 2. The lowest BCUT2D eigenvalue weighted by molar-refractivity contribution is -0.164. The summed E-state index contributed by atoms with van der Waals surface area (Å²) in [5.41, 5.74) is 0.568. The second-order valence-electron chi connectivity index (χ2n) is 9.04. The van der Waals surface area contributed by atoms with Gasteiger partial charge in [0.1, 0.15) is 11.1 Å². The highest BCUT2D eigenvalue weighted by Gasteiger charge is 2.62. The molecule has 1 saturated carbocycles. The summed E-state index contributed by atoms with van der Waals surface area (Å²) in [5, 5.41) is 5.33. The first kappa shape index (κ1) is 24.3. The molecule has 1 aromatic carbocycles. The number of carbonyl (C=O) groups excluding carboxylic acids is 4. The monoisotopic (exact) mass is 485 g/mol. The van der Waals surface area contributed by atoms with Crippen LogP contribution in [-0.2, 0) is 23.1 Å². The van der Waals surface area contributed by atoms with E-state index in [2.05, 4.69) is 10.6 Å². The first-order chi connectivity index (χ1) is 16.4. The van der Waals surface area contributed by atoms with Crippen LogP contribution in [0.15, 0.2) is 34.9 Å². The number of nitrogens with zero attached hydrogens (tertiary/aromatic N) is 1. The van der Waals surface area contributed by atoms with E-state index in [9.17, 15) is 28.0 Å². The molecule has 0 spiro atoms. The Hall–Kier alpha value is -3.82. The third-order valence-corrected chi connectivity index (χ3v) is 6.64. The highest BCUT2D eigenvalue weighted by Crippen LogP contribution is 2.45. The number of alkyl halides is 2. The van der Waals surface area contributed by atoms with Gasteiger partial charge in [0.25, 0.3) is 17.6 Å². The fourth-order valence-corrected chi connectivity index (χ4v) is 4.87. The number of hydrogen-bond acceptors (Lipinski definition) is 5.